The van der Waals surface area contributed by atoms with Crippen molar-refractivity contribution in [1.82, 2.24) is 10.6 Å². The smallest absolute Gasteiger partial charge is 0.280 e. The van der Waals surface area contributed by atoms with Gasteiger partial charge in [0.15, 0.2) is 0 Å². The molecule has 0 aliphatic heterocycles. The third-order valence-corrected chi connectivity index (χ3v) is 1.17. The van der Waals surface area contributed by atoms with Crippen molar-refractivity contribution in [2.24, 2.45) is 0 Å². The van der Waals surface area contributed by atoms with Crippen LogP contribution in [0.4, 0.5) is 0 Å². The fourth-order valence-corrected chi connectivity index (χ4v) is 0.661. The first-order valence-electron chi connectivity index (χ1n) is 3.88. The second-order valence-corrected chi connectivity index (χ2v) is 2.09. The van der Waals surface area contributed by atoms with Crippen LogP contribution in [0, 0.1) is 0 Å². The van der Waals surface area contributed by atoms with Gasteiger partial charge >= 0.3 is 6.41 Å². The van der Waals surface area contributed by atoms with Gasteiger partial charge < -0.3 is 0 Å². The number of hydroxylamine groups is 1. The van der Waals surface area contributed by atoms with Crippen molar-refractivity contribution in [3.8, 4) is 0 Å². The minimum atomic E-state index is 0.554. The molecule has 0 atom stereocenters. The Morgan fingerprint density at radius 3 is 2.73 bits per heavy atom. The van der Waals surface area contributed by atoms with Crippen LogP contribution in [0.3, 0.4) is 0 Å². The van der Waals surface area contributed by atoms with E-state index in [-0.39, 0.29) is 0 Å². The summed E-state index contributed by atoms with van der Waals surface area (Å²) < 4.78 is 0. The fourth-order valence-electron chi connectivity index (χ4n) is 0.661. The standard InChI is InChI=1S/C7H15N2O2/c1-3-5-6-9(8-7-10)11-4-2/h3-6H2,1-2H3,(H,8,10). The number of amides is 1. The van der Waals surface area contributed by atoms with E-state index in [9.17, 15) is 4.79 Å². The van der Waals surface area contributed by atoms with Crippen molar-refractivity contribution < 1.29 is 9.63 Å². The molecule has 0 aliphatic carbocycles. The molecule has 0 aromatic rings. The Morgan fingerprint density at radius 2 is 2.27 bits per heavy atom. The van der Waals surface area contributed by atoms with E-state index in [4.69, 9.17) is 4.84 Å². The van der Waals surface area contributed by atoms with E-state index in [1.165, 1.54) is 5.17 Å². The van der Waals surface area contributed by atoms with E-state index in [2.05, 4.69) is 12.3 Å². The molecular formula is C7H15N2O2. The van der Waals surface area contributed by atoms with Crippen molar-refractivity contribution in [3.05, 3.63) is 0 Å². The maximum Gasteiger partial charge on any atom is 0.326 e. The zero-order valence-corrected chi connectivity index (χ0v) is 7.09. The molecule has 0 unspecified atom stereocenters. The lowest BCUT2D eigenvalue weighted by Crippen LogP contribution is -2.37. The van der Waals surface area contributed by atoms with Crippen LogP contribution < -0.4 is 5.43 Å². The third kappa shape index (κ3) is 5.82. The monoisotopic (exact) mass is 159 g/mol. The van der Waals surface area contributed by atoms with Gasteiger partial charge in [0, 0.05) is 6.54 Å². The van der Waals surface area contributed by atoms with Gasteiger partial charge in [-0.1, -0.05) is 18.5 Å². The topological polar surface area (TPSA) is 41.6 Å². The number of rotatable bonds is 7. The van der Waals surface area contributed by atoms with Gasteiger partial charge in [-0.15, -0.1) is 0 Å². The molecule has 0 spiro atoms. The van der Waals surface area contributed by atoms with Gasteiger partial charge in [0.25, 0.3) is 0 Å². The van der Waals surface area contributed by atoms with E-state index < -0.39 is 0 Å². The van der Waals surface area contributed by atoms with Gasteiger partial charge in [-0.2, -0.15) is 0 Å². The van der Waals surface area contributed by atoms with Gasteiger partial charge in [0.2, 0.25) is 0 Å². The molecule has 0 aromatic heterocycles. The molecule has 11 heavy (non-hydrogen) atoms. The normalized spacial score (nSPS) is 10.1. The maximum absolute atomic E-state index is 9.90. The number of hydrazine groups is 1. The van der Waals surface area contributed by atoms with Crippen molar-refractivity contribution in [1.29, 1.82) is 0 Å². The SMILES string of the molecule is CCCCN(N[C]=O)OCC. The quantitative estimate of drug-likeness (QED) is 0.437. The molecule has 0 fully saturated rings. The number of unbranched alkanes of at least 4 members (excludes halogenated alkanes) is 1. The molecule has 0 rings (SSSR count). The number of carbonyl (C=O) groups excluding carboxylic acids is 1. The van der Waals surface area contributed by atoms with Crippen LogP contribution in [0.5, 0.6) is 0 Å². The van der Waals surface area contributed by atoms with Crippen molar-refractivity contribution in [2.45, 2.75) is 26.7 Å². The largest absolute Gasteiger partial charge is 0.326 e. The predicted octanol–water partition coefficient (Wildman–Crippen LogP) is 0.612. The van der Waals surface area contributed by atoms with Crippen molar-refractivity contribution >= 4 is 6.41 Å². The molecule has 1 radical (unpaired) electrons. The van der Waals surface area contributed by atoms with Gasteiger partial charge in [-0.3, -0.25) is 15.1 Å². The van der Waals surface area contributed by atoms with Crippen LogP contribution in [-0.2, 0) is 9.63 Å². The molecule has 4 nitrogen and oxygen atoms in total. The average Bonchev–Trinajstić information content (AvgIpc) is 2.01. The van der Waals surface area contributed by atoms with Crippen molar-refractivity contribution in [2.75, 3.05) is 13.2 Å². The first-order valence-corrected chi connectivity index (χ1v) is 3.88. The summed E-state index contributed by atoms with van der Waals surface area (Å²) in [6.45, 7) is 5.21. The Balaban J connectivity index is 3.41. The Morgan fingerprint density at radius 1 is 1.55 bits per heavy atom. The van der Waals surface area contributed by atoms with Gasteiger partial charge in [0.1, 0.15) is 0 Å². The van der Waals surface area contributed by atoms with Gasteiger partial charge in [-0.05, 0) is 13.3 Å². The van der Waals surface area contributed by atoms with Crippen LogP contribution in [0.25, 0.3) is 0 Å². The molecule has 0 heterocycles. The Hall–Kier alpha value is -0.610. The second kappa shape index (κ2) is 7.50. The number of hydrogen-bond donors (Lipinski definition) is 1. The molecule has 0 bridgehead atoms. The highest BCUT2D eigenvalue weighted by Gasteiger charge is 2.00. The minimum absolute atomic E-state index is 0.554. The highest BCUT2D eigenvalue weighted by molar-refractivity contribution is 5.45. The van der Waals surface area contributed by atoms with Gasteiger partial charge in [-0.25, -0.2) is 0 Å². The summed E-state index contributed by atoms with van der Waals surface area (Å²) in [5.41, 5.74) is 2.32. The average molecular weight is 159 g/mol. The summed E-state index contributed by atoms with van der Waals surface area (Å²) in [5, 5.41) is 1.40. The Kier molecular flexibility index (Phi) is 7.08. The summed E-state index contributed by atoms with van der Waals surface area (Å²) >= 11 is 0. The van der Waals surface area contributed by atoms with E-state index >= 15 is 0 Å². The van der Waals surface area contributed by atoms with Gasteiger partial charge in [0.05, 0.1) is 6.61 Å². The molecular weight excluding hydrogens is 144 g/mol. The van der Waals surface area contributed by atoms with Crippen LogP contribution in [0.15, 0.2) is 0 Å². The summed E-state index contributed by atoms with van der Waals surface area (Å²) in [6.07, 6.45) is 3.63. The second-order valence-electron chi connectivity index (χ2n) is 2.09. The lowest BCUT2D eigenvalue weighted by molar-refractivity contribution is -0.177. The van der Waals surface area contributed by atoms with Crippen LogP contribution >= 0.6 is 0 Å². The fraction of sp³-hybridized carbons (Fsp3) is 0.857. The van der Waals surface area contributed by atoms with Crippen molar-refractivity contribution in [3.63, 3.8) is 0 Å². The highest BCUT2D eigenvalue weighted by Crippen LogP contribution is 1.91. The van der Waals surface area contributed by atoms with E-state index in [1.807, 2.05) is 6.92 Å². The van der Waals surface area contributed by atoms with E-state index in [0.717, 1.165) is 12.8 Å². The number of hydrogen-bond acceptors (Lipinski definition) is 3. The minimum Gasteiger partial charge on any atom is -0.280 e. The third-order valence-electron chi connectivity index (χ3n) is 1.17. The van der Waals surface area contributed by atoms with Crippen LogP contribution in [-0.4, -0.2) is 24.7 Å². The molecule has 0 aromatic carbocycles. The van der Waals surface area contributed by atoms with Crippen LogP contribution in [0.1, 0.15) is 26.7 Å². The van der Waals surface area contributed by atoms with E-state index in [1.54, 1.807) is 6.41 Å². The predicted molar refractivity (Wildman–Crippen MR) is 42.1 cm³/mol. The first-order chi connectivity index (χ1) is 5.35. The van der Waals surface area contributed by atoms with E-state index in [0.29, 0.717) is 13.2 Å². The molecule has 0 saturated heterocycles. The highest BCUT2D eigenvalue weighted by atomic mass is 16.7. The number of nitrogens with one attached hydrogen (secondary N) is 1. The number of nitrogens with zero attached hydrogens (tertiary/aromatic N) is 1. The Bertz CT molecular complexity index is 98.4. The molecule has 1 amide bonds. The Labute approximate surface area is 67.4 Å². The lowest BCUT2D eigenvalue weighted by Gasteiger charge is -2.17. The summed E-state index contributed by atoms with van der Waals surface area (Å²) in [6, 6.07) is 0. The zero-order valence-electron chi connectivity index (χ0n) is 7.09. The molecule has 1 N–H and O–H groups in total. The zero-order chi connectivity index (χ0) is 8.53. The molecule has 0 aliphatic rings. The first kappa shape index (κ1) is 10.4. The molecule has 4 heteroatoms. The summed E-state index contributed by atoms with van der Waals surface area (Å²) in [4.78, 5) is 14.9. The molecule has 65 valence electrons. The van der Waals surface area contributed by atoms with Crippen LogP contribution in [0.2, 0.25) is 0 Å². The summed E-state index contributed by atoms with van der Waals surface area (Å²) in [5.74, 6) is 0. The molecule has 0 saturated carbocycles. The maximum atomic E-state index is 9.90. The summed E-state index contributed by atoms with van der Waals surface area (Å²) in [7, 11) is 0. The lowest BCUT2D eigenvalue weighted by atomic mass is 10.3.